The van der Waals surface area contributed by atoms with Gasteiger partial charge in [-0.25, -0.2) is 4.90 Å². The molecule has 0 spiro atoms. The van der Waals surface area contributed by atoms with Crippen molar-refractivity contribution in [1.29, 1.82) is 0 Å². The lowest BCUT2D eigenvalue weighted by Gasteiger charge is -2.36. The first-order chi connectivity index (χ1) is 7.46. The largest absolute Gasteiger partial charge is 0.369 e. The molecule has 1 aliphatic rings. The van der Waals surface area contributed by atoms with Gasteiger partial charge in [0.15, 0.2) is 0 Å². The topological polar surface area (TPSA) is 108 Å². The van der Waals surface area contributed by atoms with Gasteiger partial charge in [0.25, 0.3) is 0 Å². The van der Waals surface area contributed by atoms with Crippen molar-refractivity contribution in [3.63, 3.8) is 0 Å². The summed E-state index contributed by atoms with van der Waals surface area (Å²) in [5, 5.41) is 0. The predicted molar refractivity (Wildman–Crippen MR) is 54.9 cm³/mol. The first kappa shape index (κ1) is 12.9. The SMILES string of the molecule is COC1(OC)CC[C@H](C(N)=O)N1CC(N)=O. The average Bonchev–Trinajstić information content (AvgIpc) is 2.56. The van der Waals surface area contributed by atoms with Crippen molar-refractivity contribution >= 4 is 11.8 Å². The molecule has 16 heavy (non-hydrogen) atoms. The van der Waals surface area contributed by atoms with Crippen LogP contribution in [0.2, 0.25) is 0 Å². The fourth-order valence-corrected chi connectivity index (χ4v) is 2.07. The van der Waals surface area contributed by atoms with Crippen LogP contribution in [-0.2, 0) is 19.1 Å². The lowest BCUT2D eigenvalue weighted by molar-refractivity contribution is -0.281. The highest BCUT2D eigenvalue weighted by molar-refractivity contribution is 5.82. The van der Waals surface area contributed by atoms with Gasteiger partial charge in [-0.05, 0) is 6.42 Å². The molecule has 4 N–H and O–H groups in total. The minimum Gasteiger partial charge on any atom is -0.369 e. The van der Waals surface area contributed by atoms with Crippen LogP contribution in [0.25, 0.3) is 0 Å². The summed E-state index contributed by atoms with van der Waals surface area (Å²) in [6, 6.07) is -0.590. The van der Waals surface area contributed by atoms with Crippen molar-refractivity contribution < 1.29 is 19.1 Å². The highest BCUT2D eigenvalue weighted by atomic mass is 16.7. The number of methoxy groups -OCH3 is 2. The number of nitrogens with zero attached hydrogens (tertiary/aromatic N) is 1. The van der Waals surface area contributed by atoms with Crippen molar-refractivity contribution in [3.05, 3.63) is 0 Å². The molecule has 0 radical (unpaired) electrons. The predicted octanol–water partition coefficient (Wildman–Crippen LogP) is -1.63. The van der Waals surface area contributed by atoms with Crippen molar-refractivity contribution in [1.82, 2.24) is 4.90 Å². The van der Waals surface area contributed by atoms with Crippen LogP contribution in [-0.4, -0.2) is 49.4 Å². The molecule has 7 heteroatoms. The average molecular weight is 231 g/mol. The van der Waals surface area contributed by atoms with Crippen LogP contribution < -0.4 is 11.5 Å². The summed E-state index contributed by atoms with van der Waals surface area (Å²) in [5.41, 5.74) is 10.4. The van der Waals surface area contributed by atoms with Crippen LogP contribution in [0.3, 0.4) is 0 Å². The molecular formula is C9H17N3O4. The molecule has 1 aliphatic heterocycles. The number of amides is 2. The summed E-state index contributed by atoms with van der Waals surface area (Å²) in [5.74, 6) is -2.17. The normalized spacial score (nSPS) is 24.5. The monoisotopic (exact) mass is 231 g/mol. The van der Waals surface area contributed by atoms with Gasteiger partial charge < -0.3 is 20.9 Å². The van der Waals surface area contributed by atoms with E-state index in [1.165, 1.54) is 19.1 Å². The molecule has 92 valence electrons. The number of nitrogens with two attached hydrogens (primary N) is 2. The molecule has 2 amide bonds. The van der Waals surface area contributed by atoms with E-state index in [4.69, 9.17) is 20.9 Å². The van der Waals surface area contributed by atoms with E-state index in [0.29, 0.717) is 12.8 Å². The second-order valence-corrected chi connectivity index (χ2v) is 3.67. The van der Waals surface area contributed by atoms with Crippen molar-refractivity contribution in [2.75, 3.05) is 20.8 Å². The molecule has 1 rings (SSSR count). The number of likely N-dealkylation sites (tertiary alicyclic amines) is 1. The highest BCUT2D eigenvalue weighted by Crippen LogP contribution is 2.34. The van der Waals surface area contributed by atoms with E-state index in [-0.39, 0.29) is 6.54 Å². The van der Waals surface area contributed by atoms with E-state index >= 15 is 0 Å². The third-order valence-electron chi connectivity index (χ3n) is 2.84. The first-order valence-corrected chi connectivity index (χ1v) is 4.91. The molecular weight excluding hydrogens is 214 g/mol. The summed E-state index contributed by atoms with van der Waals surface area (Å²) in [4.78, 5) is 23.6. The number of ether oxygens (including phenoxy) is 2. The molecule has 1 saturated heterocycles. The Labute approximate surface area is 93.6 Å². The Morgan fingerprint density at radius 3 is 2.31 bits per heavy atom. The summed E-state index contributed by atoms with van der Waals surface area (Å²) >= 11 is 0. The van der Waals surface area contributed by atoms with Crippen molar-refractivity contribution in [2.45, 2.75) is 24.8 Å². The molecule has 0 unspecified atom stereocenters. The van der Waals surface area contributed by atoms with Crippen LogP contribution in [0.4, 0.5) is 0 Å². The van der Waals surface area contributed by atoms with Crippen LogP contribution in [0, 0.1) is 0 Å². The lowest BCUT2D eigenvalue weighted by atomic mass is 10.2. The Morgan fingerprint density at radius 1 is 1.38 bits per heavy atom. The zero-order valence-electron chi connectivity index (χ0n) is 9.43. The van der Waals surface area contributed by atoms with Gasteiger partial charge in [0, 0.05) is 20.6 Å². The number of rotatable bonds is 5. The molecule has 0 aliphatic carbocycles. The third-order valence-corrected chi connectivity index (χ3v) is 2.84. The summed E-state index contributed by atoms with van der Waals surface area (Å²) in [7, 11) is 2.89. The lowest BCUT2D eigenvalue weighted by Crippen LogP contribution is -2.56. The Morgan fingerprint density at radius 2 is 1.94 bits per heavy atom. The first-order valence-electron chi connectivity index (χ1n) is 4.91. The summed E-state index contributed by atoms with van der Waals surface area (Å²) in [6.45, 7) is -0.130. The summed E-state index contributed by atoms with van der Waals surface area (Å²) in [6.07, 6.45) is 0.936. The molecule has 1 atom stereocenters. The molecule has 0 aromatic rings. The number of carbonyl (C=O) groups is 2. The Hall–Kier alpha value is -1.18. The number of hydrogen-bond acceptors (Lipinski definition) is 5. The molecule has 0 saturated carbocycles. The van der Waals surface area contributed by atoms with Crippen LogP contribution in [0.1, 0.15) is 12.8 Å². The van der Waals surface area contributed by atoms with E-state index < -0.39 is 23.8 Å². The zero-order chi connectivity index (χ0) is 12.3. The summed E-state index contributed by atoms with van der Waals surface area (Å²) < 4.78 is 10.5. The standard InChI is InChI=1S/C9H17N3O4/c1-15-9(16-2)4-3-6(8(11)14)12(9)5-7(10)13/h6H,3-5H2,1-2H3,(H2,10,13)(H2,11,14)/t6-/m1/s1. The van der Waals surface area contributed by atoms with E-state index in [0.717, 1.165) is 0 Å². The van der Waals surface area contributed by atoms with Crippen LogP contribution in [0.5, 0.6) is 0 Å². The number of carbonyl (C=O) groups excluding carboxylic acids is 2. The Bertz CT molecular complexity index is 290. The molecule has 0 bridgehead atoms. The van der Waals surface area contributed by atoms with Gasteiger partial charge >= 0.3 is 0 Å². The fraction of sp³-hybridized carbons (Fsp3) is 0.778. The van der Waals surface area contributed by atoms with Crippen molar-refractivity contribution in [2.24, 2.45) is 11.5 Å². The van der Waals surface area contributed by atoms with Gasteiger partial charge in [-0.2, -0.15) is 0 Å². The molecule has 0 aromatic heterocycles. The minimum atomic E-state index is -1.09. The molecule has 0 aromatic carbocycles. The molecule has 1 heterocycles. The second-order valence-electron chi connectivity index (χ2n) is 3.67. The maximum Gasteiger partial charge on any atom is 0.234 e. The zero-order valence-corrected chi connectivity index (χ0v) is 9.43. The maximum absolute atomic E-state index is 11.2. The molecule has 7 nitrogen and oxygen atoms in total. The van der Waals surface area contributed by atoms with E-state index in [9.17, 15) is 9.59 Å². The highest BCUT2D eigenvalue weighted by Gasteiger charge is 2.49. The number of hydrogen-bond donors (Lipinski definition) is 2. The van der Waals surface area contributed by atoms with Gasteiger partial charge in [-0.1, -0.05) is 0 Å². The maximum atomic E-state index is 11.2. The Kier molecular flexibility index (Phi) is 3.84. The smallest absolute Gasteiger partial charge is 0.234 e. The van der Waals surface area contributed by atoms with Gasteiger partial charge in [0.05, 0.1) is 12.6 Å². The quantitative estimate of drug-likeness (QED) is 0.552. The minimum absolute atomic E-state index is 0.130. The van der Waals surface area contributed by atoms with Crippen LogP contribution >= 0.6 is 0 Å². The van der Waals surface area contributed by atoms with Gasteiger partial charge in [0.1, 0.15) is 0 Å². The third kappa shape index (κ3) is 2.16. The van der Waals surface area contributed by atoms with Gasteiger partial charge in [-0.3, -0.25) is 9.59 Å². The van der Waals surface area contributed by atoms with E-state index in [1.807, 2.05) is 0 Å². The fourth-order valence-electron chi connectivity index (χ4n) is 2.07. The second kappa shape index (κ2) is 4.77. The van der Waals surface area contributed by atoms with E-state index in [1.54, 1.807) is 0 Å². The molecule has 1 fully saturated rings. The number of primary amides is 2. The van der Waals surface area contributed by atoms with Gasteiger partial charge in [-0.15, -0.1) is 0 Å². The van der Waals surface area contributed by atoms with Crippen LogP contribution in [0.15, 0.2) is 0 Å². The van der Waals surface area contributed by atoms with Gasteiger partial charge in [0.2, 0.25) is 17.7 Å². The van der Waals surface area contributed by atoms with Crippen molar-refractivity contribution in [3.8, 4) is 0 Å². The van der Waals surface area contributed by atoms with E-state index in [2.05, 4.69) is 0 Å². The Balaban J connectivity index is 2.95.